The highest BCUT2D eigenvalue weighted by Gasteiger charge is 2.12. The van der Waals surface area contributed by atoms with Gasteiger partial charge >= 0.3 is 11.8 Å². The number of rotatable bonds is 8. The van der Waals surface area contributed by atoms with Crippen LogP contribution in [0.25, 0.3) is 0 Å². The first-order valence-electron chi connectivity index (χ1n) is 11.2. The normalized spacial score (nSPS) is 10.7. The van der Waals surface area contributed by atoms with Crippen LogP contribution < -0.4 is 20.8 Å². The van der Waals surface area contributed by atoms with Gasteiger partial charge < -0.3 is 15.4 Å². The fraction of sp³-hybridized carbons (Fsp3) is 0.185. The van der Waals surface area contributed by atoms with Gasteiger partial charge in [0.15, 0.2) is 6.61 Å². The molecule has 186 valence electrons. The van der Waals surface area contributed by atoms with Crippen LogP contribution in [0.15, 0.2) is 70.2 Å². The van der Waals surface area contributed by atoms with E-state index >= 15 is 0 Å². The second-order valence-electron chi connectivity index (χ2n) is 8.19. The zero-order valence-corrected chi connectivity index (χ0v) is 21.8. The van der Waals surface area contributed by atoms with E-state index in [2.05, 4.69) is 37.1 Å². The number of hydrogen-bond donors (Lipinski definition) is 3. The van der Waals surface area contributed by atoms with Gasteiger partial charge in [0, 0.05) is 22.3 Å². The number of ether oxygens (including phenoxy) is 1. The molecule has 0 bridgehead atoms. The van der Waals surface area contributed by atoms with E-state index in [4.69, 9.17) is 4.74 Å². The average Bonchev–Trinajstić information content (AvgIpc) is 2.85. The monoisotopic (exact) mass is 550 g/mol. The number of nitrogens with one attached hydrogen (secondary N) is 3. The number of hydrazone groups is 1. The maximum Gasteiger partial charge on any atom is 0.329 e. The van der Waals surface area contributed by atoms with Gasteiger partial charge in [0.25, 0.3) is 5.91 Å². The fourth-order valence-electron chi connectivity index (χ4n) is 3.09. The standard InChI is InChI=1S/C27H27BrN4O4/c1-17-4-7-20(8-5-17)14-29-26(34)27(35)32-30-15-21-13-22(28)9-11-24(21)36-16-25(33)31-23-10-6-18(2)19(3)12-23/h4-13,15H,14,16H2,1-3H3,(H,29,34)(H,31,33)(H,32,35)/b30-15-. The number of hydrogen-bond acceptors (Lipinski definition) is 5. The molecule has 0 unspecified atom stereocenters. The predicted octanol–water partition coefficient (Wildman–Crippen LogP) is 4.16. The minimum Gasteiger partial charge on any atom is -0.483 e. The lowest BCUT2D eigenvalue weighted by Crippen LogP contribution is -2.37. The molecule has 0 saturated carbocycles. The van der Waals surface area contributed by atoms with E-state index in [1.54, 1.807) is 18.2 Å². The Morgan fingerprint density at radius 2 is 1.67 bits per heavy atom. The van der Waals surface area contributed by atoms with Crippen molar-refractivity contribution in [1.82, 2.24) is 10.7 Å². The predicted molar refractivity (Wildman–Crippen MR) is 143 cm³/mol. The van der Waals surface area contributed by atoms with Crippen LogP contribution in [0.1, 0.15) is 27.8 Å². The van der Waals surface area contributed by atoms with Gasteiger partial charge in [0.1, 0.15) is 5.75 Å². The van der Waals surface area contributed by atoms with Crippen molar-refractivity contribution in [2.45, 2.75) is 27.3 Å². The zero-order chi connectivity index (χ0) is 26.1. The molecule has 3 N–H and O–H groups in total. The number of nitrogens with zero attached hydrogens (tertiary/aromatic N) is 1. The summed E-state index contributed by atoms with van der Waals surface area (Å²) in [7, 11) is 0. The van der Waals surface area contributed by atoms with Crippen LogP contribution in [-0.2, 0) is 20.9 Å². The number of benzene rings is 3. The van der Waals surface area contributed by atoms with Gasteiger partial charge in [0.05, 0.1) is 6.21 Å². The molecule has 0 saturated heterocycles. The lowest BCUT2D eigenvalue weighted by molar-refractivity contribution is -0.139. The summed E-state index contributed by atoms with van der Waals surface area (Å²) in [5, 5.41) is 9.20. The largest absolute Gasteiger partial charge is 0.483 e. The SMILES string of the molecule is Cc1ccc(CNC(=O)C(=O)N/N=C\c2cc(Br)ccc2OCC(=O)Nc2ccc(C)c(C)c2)cc1. The Morgan fingerprint density at radius 3 is 2.39 bits per heavy atom. The second kappa shape index (κ2) is 12.6. The fourth-order valence-corrected chi connectivity index (χ4v) is 3.47. The van der Waals surface area contributed by atoms with Gasteiger partial charge in [-0.2, -0.15) is 5.10 Å². The summed E-state index contributed by atoms with van der Waals surface area (Å²) in [6.45, 7) is 5.95. The lowest BCUT2D eigenvalue weighted by Gasteiger charge is -2.11. The molecule has 3 aromatic rings. The Bertz CT molecular complexity index is 1290. The number of halogens is 1. The molecule has 0 atom stereocenters. The summed E-state index contributed by atoms with van der Waals surface area (Å²) >= 11 is 3.38. The highest BCUT2D eigenvalue weighted by Crippen LogP contribution is 2.22. The second-order valence-corrected chi connectivity index (χ2v) is 9.10. The molecule has 0 heterocycles. The first-order chi connectivity index (χ1) is 17.2. The van der Waals surface area contributed by atoms with Crippen molar-refractivity contribution >= 4 is 45.6 Å². The van der Waals surface area contributed by atoms with E-state index < -0.39 is 11.8 Å². The topological polar surface area (TPSA) is 109 Å². The third-order valence-corrected chi connectivity index (χ3v) is 5.76. The molecule has 3 rings (SSSR count). The molecule has 8 nitrogen and oxygen atoms in total. The number of aryl methyl sites for hydroxylation is 3. The van der Waals surface area contributed by atoms with Crippen LogP contribution in [0, 0.1) is 20.8 Å². The highest BCUT2D eigenvalue weighted by atomic mass is 79.9. The lowest BCUT2D eigenvalue weighted by atomic mass is 10.1. The summed E-state index contributed by atoms with van der Waals surface area (Å²) in [4.78, 5) is 36.4. The van der Waals surface area contributed by atoms with E-state index in [9.17, 15) is 14.4 Å². The van der Waals surface area contributed by atoms with Crippen LogP contribution in [0.4, 0.5) is 5.69 Å². The van der Waals surface area contributed by atoms with Crippen LogP contribution >= 0.6 is 15.9 Å². The molecule has 0 spiro atoms. The van der Waals surface area contributed by atoms with Gasteiger partial charge in [-0.3, -0.25) is 14.4 Å². The van der Waals surface area contributed by atoms with E-state index in [1.807, 2.05) is 63.2 Å². The smallest absolute Gasteiger partial charge is 0.329 e. The van der Waals surface area contributed by atoms with Gasteiger partial charge in [0.2, 0.25) is 0 Å². The molecule has 36 heavy (non-hydrogen) atoms. The molecular weight excluding hydrogens is 524 g/mol. The minimum atomic E-state index is -0.899. The van der Waals surface area contributed by atoms with Crippen LogP contribution in [0.5, 0.6) is 5.75 Å². The Morgan fingerprint density at radius 1 is 0.917 bits per heavy atom. The number of amides is 3. The van der Waals surface area contributed by atoms with E-state index in [0.29, 0.717) is 17.0 Å². The van der Waals surface area contributed by atoms with Crippen molar-refractivity contribution in [3.8, 4) is 5.75 Å². The third-order valence-electron chi connectivity index (χ3n) is 5.27. The third kappa shape index (κ3) is 8.06. The molecule has 9 heteroatoms. The number of carbonyl (C=O) groups excluding carboxylic acids is 3. The van der Waals surface area contributed by atoms with E-state index in [-0.39, 0.29) is 19.1 Å². The van der Waals surface area contributed by atoms with E-state index in [0.717, 1.165) is 26.7 Å². The van der Waals surface area contributed by atoms with Crippen molar-refractivity contribution in [2.24, 2.45) is 5.10 Å². The summed E-state index contributed by atoms with van der Waals surface area (Å²) in [5.41, 5.74) is 7.59. The van der Waals surface area contributed by atoms with Crippen LogP contribution in [0.2, 0.25) is 0 Å². The molecule has 0 aromatic heterocycles. The highest BCUT2D eigenvalue weighted by molar-refractivity contribution is 9.10. The molecule has 0 aliphatic heterocycles. The van der Waals surface area contributed by atoms with E-state index in [1.165, 1.54) is 6.21 Å². The van der Waals surface area contributed by atoms with Crippen molar-refractivity contribution in [3.05, 3.63) is 93.0 Å². The average molecular weight is 551 g/mol. The Balaban J connectivity index is 1.53. The molecule has 0 aliphatic carbocycles. The van der Waals surface area contributed by atoms with Gasteiger partial charge in [-0.1, -0.05) is 51.8 Å². The minimum absolute atomic E-state index is 0.219. The van der Waals surface area contributed by atoms with Gasteiger partial charge in [-0.25, -0.2) is 5.43 Å². The van der Waals surface area contributed by atoms with Crippen LogP contribution in [-0.4, -0.2) is 30.5 Å². The molecule has 3 aromatic carbocycles. The van der Waals surface area contributed by atoms with Gasteiger partial charge in [-0.15, -0.1) is 0 Å². The molecule has 0 aliphatic rings. The summed E-state index contributed by atoms with van der Waals surface area (Å²) < 4.78 is 6.41. The van der Waals surface area contributed by atoms with Crippen molar-refractivity contribution in [2.75, 3.05) is 11.9 Å². The first kappa shape index (κ1) is 26.6. The summed E-state index contributed by atoms with van der Waals surface area (Å²) in [5.74, 6) is -1.64. The quantitative estimate of drug-likeness (QED) is 0.222. The van der Waals surface area contributed by atoms with Gasteiger partial charge in [-0.05, 0) is 67.8 Å². The molecular formula is C27H27BrN4O4. The summed E-state index contributed by atoms with van der Waals surface area (Å²) in [6, 6.07) is 18.4. The summed E-state index contributed by atoms with van der Waals surface area (Å²) in [6.07, 6.45) is 1.34. The number of carbonyl (C=O) groups is 3. The number of anilines is 1. The van der Waals surface area contributed by atoms with Crippen molar-refractivity contribution < 1.29 is 19.1 Å². The maximum absolute atomic E-state index is 12.3. The van der Waals surface area contributed by atoms with Crippen LogP contribution in [0.3, 0.4) is 0 Å². The Hall–Kier alpha value is -3.98. The molecule has 0 radical (unpaired) electrons. The Kier molecular flexibility index (Phi) is 9.35. The first-order valence-corrected chi connectivity index (χ1v) is 12.0. The molecule has 3 amide bonds. The van der Waals surface area contributed by atoms with Crippen molar-refractivity contribution in [1.29, 1.82) is 0 Å². The zero-order valence-electron chi connectivity index (χ0n) is 20.2. The Labute approximate surface area is 218 Å². The van der Waals surface area contributed by atoms with Crippen molar-refractivity contribution in [3.63, 3.8) is 0 Å². The maximum atomic E-state index is 12.3. The molecule has 0 fully saturated rings.